The van der Waals surface area contributed by atoms with E-state index in [0.717, 1.165) is 10.5 Å². The summed E-state index contributed by atoms with van der Waals surface area (Å²) in [6.07, 6.45) is 0.0836. The first-order valence-corrected chi connectivity index (χ1v) is 8.38. The minimum Gasteiger partial charge on any atom is -0.444 e. The van der Waals surface area contributed by atoms with Gasteiger partial charge in [-0.2, -0.15) is 0 Å². The predicted molar refractivity (Wildman–Crippen MR) is 91.4 cm³/mol. The van der Waals surface area contributed by atoms with Crippen molar-refractivity contribution < 1.29 is 24.5 Å². The van der Waals surface area contributed by atoms with E-state index in [4.69, 9.17) is 4.74 Å². The highest BCUT2D eigenvalue weighted by molar-refractivity contribution is 5.86. The van der Waals surface area contributed by atoms with Crippen LogP contribution < -0.4 is 5.32 Å². The first-order chi connectivity index (χ1) is 11.6. The second-order valence-corrected chi connectivity index (χ2v) is 7.26. The molecule has 3 N–H and O–H groups in total. The lowest BCUT2D eigenvalue weighted by atomic mass is 10.0. The number of nitrogens with one attached hydrogen (secondary N) is 1. The molecule has 7 heteroatoms. The fraction of sp³-hybridized carbons (Fsp3) is 0.556. The van der Waals surface area contributed by atoms with Crippen molar-refractivity contribution in [2.75, 3.05) is 6.54 Å². The molecule has 1 aliphatic heterocycles. The highest BCUT2D eigenvalue weighted by atomic mass is 16.6. The van der Waals surface area contributed by atoms with Gasteiger partial charge in [0, 0.05) is 19.4 Å². The monoisotopic (exact) mass is 350 g/mol. The molecule has 0 saturated carbocycles. The summed E-state index contributed by atoms with van der Waals surface area (Å²) in [7, 11) is 0. The predicted octanol–water partition coefficient (Wildman–Crippen LogP) is 1.38. The van der Waals surface area contributed by atoms with Gasteiger partial charge < -0.3 is 20.3 Å². The summed E-state index contributed by atoms with van der Waals surface area (Å²) in [5.41, 5.74) is 0.146. The molecule has 0 aromatic heterocycles. The molecule has 138 valence electrons. The summed E-state index contributed by atoms with van der Waals surface area (Å²) in [6, 6.07) is 8.26. The van der Waals surface area contributed by atoms with Crippen LogP contribution in [0.15, 0.2) is 30.3 Å². The Kier molecular flexibility index (Phi) is 5.69. The molecule has 25 heavy (non-hydrogen) atoms. The third kappa shape index (κ3) is 5.44. The number of nitrogens with zero attached hydrogens (tertiary/aromatic N) is 1. The molecule has 1 unspecified atom stereocenters. The van der Waals surface area contributed by atoms with Crippen molar-refractivity contribution in [1.29, 1.82) is 0 Å². The molecule has 0 aliphatic carbocycles. The Balaban J connectivity index is 2.16. The molecule has 0 bridgehead atoms. The Morgan fingerprint density at radius 2 is 1.92 bits per heavy atom. The number of hydrogen-bond donors (Lipinski definition) is 3. The van der Waals surface area contributed by atoms with E-state index in [0.29, 0.717) is 6.42 Å². The maximum Gasteiger partial charge on any atom is 0.408 e. The van der Waals surface area contributed by atoms with Crippen LogP contribution in [-0.2, 0) is 16.0 Å². The highest BCUT2D eigenvalue weighted by Gasteiger charge is 2.43. The van der Waals surface area contributed by atoms with Crippen LogP contribution in [-0.4, -0.2) is 51.2 Å². The van der Waals surface area contributed by atoms with Crippen molar-refractivity contribution in [2.24, 2.45) is 0 Å². The lowest BCUT2D eigenvalue weighted by Crippen LogP contribution is -2.56. The smallest absolute Gasteiger partial charge is 0.408 e. The summed E-state index contributed by atoms with van der Waals surface area (Å²) in [5, 5.41) is 22.5. The van der Waals surface area contributed by atoms with Gasteiger partial charge in [-0.15, -0.1) is 0 Å². The topological polar surface area (TPSA) is 99.1 Å². The van der Waals surface area contributed by atoms with Crippen LogP contribution in [0.5, 0.6) is 0 Å². The normalized spacial score (nSPS) is 17.9. The van der Waals surface area contributed by atoms with Crippen LogP contribution in [0.2, 0.25) is 0 Å². The maximum absolute atomic E-state index is 12.8. The quantitative estimate of drug-likeness (QED) is 0.713. The van der Waals surface area contributed by atoms with Crippen LogP contribution in [0.4, 0.5) is 4.79 Å². The number of carbonyl (C=O) groups excluding carboxylic acids is 2. The standard InChI is InChI=1S/C18H26N2O5/c1-17(2,3)25-16(22)19-14(12-13-8-5-4-6-9-13)15(21)20-11-7-10-18(20,23)24/h4-6,8-9,14,23-24H,7,10-12H2,1-3H3,(H,19,22). The van der Waals surface area contributed by atoms with Crippen molar-refractivity contribution in [2.45, 2.75) is 57.6 Å². The van der Waals surface area contributed by atoms with Gasteiger partial charge in [-0.05, 0) is 32.8 Å². The van der Waals surface area contributed by atoms with E-state index in [-0.39, 0.29) is 19.4 Å². The second-order valence-electron chi connectivity index (χ2n) is 7.26. The number of rotatable bonds is 4. The minimum atomic E-state index is -2.18. The molecule has 0 radical (unpaired) electrons. The van der Waals surface area contributed by atoms with Gasteiger partial charge in [0.25, 0.3) is 0 Å². The zero-order valence-corrected chi connectivity index (χ0v) is 14.9. The molecule has 1 fully saturated rings. The number of carbonyl (C=O) groups is 2. The zero-order valence-electron chi connectivity index (χ0n) is 14.9. The molecule has 0 spiro atoms. The van der Waals surface area contributed by atoms with Gasteiger partial charge in [0.1, 0.15) is 11.6 Å². The SMILES string of the molecule is CC(C)(C)OC(=O)NC(Cc1ccccc1)C(=O)N1CCCC1(O)O. The van der Waals surface area contributed by atoms with Gasteiger partial charge in [-0.1, -0.05) is 30.3 Å². The van der Waals surface area contributed by atoms with Gasteiger partial charge in [-0.25, -0.2) is 4.79 Å². The molecular weight excluding hydrogens is 324 g/mol. The number of aliphatic hydroxyl groups is 2. The lowest BCUT2D eigenvalue weighted by molar-refractivity contribution is -0.240. The summed E-state index contributed by atoms with van der Waals surface area (Å²) in [5.74, 6) is -2.72. The van der Waals surface area contributed by atoms with Crippen molar-refractivity contribution in [3.8, 4) is 0 Å². The largest absolute Gasteiger partial charge is 0.444 e. The van der Waals surface area contributed by atoms with Gasteiger partial charge in [-0.3, -0.25) is 9.69 Å². The molecule has 1 aromatic carbocycles. The maximum atomic E-state index is 12.8. The van der Waals surface area contributed by atoms with E-state index in [1.807, 2.05) is 30.3 Å². The first-order valence-electron chi connectivity index (χ1n) is 8.38. The molecule has 1 saturated heterocycles. The van der Waals surface area contributed by atoms with E-state index in [1.54, 1.807) is 20.8 Å². The molecular formula is C18H26N2O5. The zero-order chi connectivity index (χ0) is 18.7. The van der Waals surface area contributed by atoms with Gasteiger partial charge in [0.05, 0.1) is 0 Å². The summed E-state index contributed by atoms with van der Waals surface area (Å²) in [6.45, 7) is 5.42. The van der Waals surface area contributed by atoms with Crippen LogP contribution in [0.25, 0.3) is 0 Å². The lowest BCUT2D eigenvalue weighted by Gasteiger charge is -2.32. The number of likely N-dealkylation sites (tertiary alicyclic amines) is 1. The van der Waals surface area contributed by atoms with Gasteiger partial charge in [0.15, 0.2) is 0 Å². The Bertz CT molecular complexity index is 610. The Hall–Kier alpha value is -2.12. The van der Waals surface area contributed by atoms with Crippen LogP contribution in [0.3, 0.4) is 0 Å². The number of benzene rings is 1. The molecule has 1 aliphatic rings. The molecule has 1 heterocycles. The van der Waals surface area contributed by atoms with E-state index in [2.05, 4.69) is 5.32 Å². The van der Waals surface area contributed by atoms with Crippen molar-refractivity contribution in [1.82, 2.24) is 10.2 Å². The van der Waals surface area contributed by atoms with Crippen LogP contribution >= 0.6 is 0 Å². The number of amides is 2. The van der Waals surface area contributed by atoms with Crippen molar-refractivity contribution in [3.05, 3.63) is 35.9 Å². The van der Waals surface area contributed by atoms with E-state index in [9.17, 15) is 19.8 Å². The van der Waals surface area contributed by atoms with E-state index >= 15 is 0 Å². The molecule has 2 rings (SSSR count). The van der Waals surface area contributed by atoms with Crippen molar-refractivity contribution >= 4 is 12.0 Å². The average Bonchev–Trinajstić information content (AvgIpc) is 2.84. The summed E-state index contributed by atoms with van der Waals surface area (Å²) in [4.78, 5) is 25.9. The summed E-state index contributed by atoms with van der Waals surface area (Å²) >= 11 is 0. The Morgan fingerprint density at radius 1 is 1.28 bits per heavy atom. The molecule has 1 aromatic rings. The third-order valence-electron chi connectivity index (χ3n) is 3.86. The fourth-order valence-electron chi connectivity index (χ4n) is 2.76. The number of ether oxygens (including phenoxy) is 1. The number of alkyl carbamates (subject to hydrolysis) is 1. The van der Waals surface area contributed by atoms with Gasteiger partial charge >= 0.3 is 6.09 Å². The Labute approximate surface area is 147 Å². The Morgan fingerprint density at radius 3 is 2.44 bits per heavy atom. The molecule has 2 amide bonds. The van der Waals surface area contributed by atoms with E-state index in [1.165, 1.54) is 0 Å². The highest BCUT2D eigenvalue weighted by Crippen LogP contribution is 2.25. The first kappa shape index (κ1) is 19.2. The second kappa shape index (κ2) is 7.41. The number of hydrogen-bond acceptors (Lipinski definition) is 5. The average molecular weight is 350 g/mol. The molecule has 1 atom stereocenters. The minimum absolute atomic E-state index is 0.0865. The van der Waals surface area contributed by atoms with E-state index < -0.39 is 29.6 Å². The fourth-order valence-corrected chi connectivity index (χ4v) is 2.76. The van der Waals surface area contributed by atoms with Crippen LogP contribution in [0, 0.1) is 0 Å². The van der Waals surface area contributed by atoms with Gasteiger partial charge in [0.2, 0.25) is 11.8 Å². The van der Waals surface area contributed by atoms with Crippen molar-refractivity contribution in [3.63, 3.8) is 0 Å². The summed E-state index contributed by atoms with van der Waals surface area (Å²) < 4.78 is 5.22. The third-order valence-corrected chi connectivity index (χ3v) is 3.86. The molecule has 7 nitrogen and oxygen atoms in total. The van der Waals surface area contributed by atoms with Crippen LogP contribution in [0.1, 0.15) is 39.2 Å².